The molecule has 3 amide bonds. The number of aliphatic hydroxyl groups excluding tert-OH is 1. The van der Waals surface area contributed by atoms with Gasteiger partial charge in [0, 0.05) is 50.1 Å². The number of ether oxygens (including phenoxy) is 2. The second-order valence-corrected chi connectivity index (χ2v) is 14.2. The normalized spacial score (nSPS) is 21.4. The van der Waals surface area contributed by atoms with Gasteiger partial charge in [-0.3, -0.25) is 9.59 Å². The van der Waals surface area contributed by atoms with E-state index in [4.69, 9.17) is 16.3 Å². The van der Waals surface area contributed by atoms with Crippen LogP contribution in [0.2, 0.25) is 5.02 Å². The summed E-state index contributed by atoms with van der Waals surface area (Å²) >= 11 is 6.35. The van der Waals surface area contributed by atoms with E-state index in [1.165, 1.54) is 45.6 Å². The minimum Gasteiger partial charge on any atom is -0.453 e. The van der Waals surface area contributed by atoms with Crippen molar-refractivity contribution in [1.29, 1.82) is 0 Å². The first kappa shape index (κ1) is 37.4. The molecule has 4 unspecified atom stereocenters. The van der Waals surface area contributed by atoms with Crippen LogP contribution < -0.4 is 10.6 Å². The highest BCUT2D eigenvalue weighted by atomic mass is 35.5. The van der Waals surface area contributed by atoms with Crippen molar-refractivity contribution in [1.82, 2.24) is 20.4 Å². The molecule has 3 aliphatic rings. The first-order valence-corrected chi connectivity index (χ1v) is 18.3. The molecule has 0 bridgehead atoms. The number of methoxy groups -OCH3 is 1. The van der Waals surface area contributed by atoms with Crippen LogP contribution in [0.25, 0.3) is 0 Å². The fourth-order valence-electron chi connectivity index (χ4n) is 7.63. The van der Waals surface area contributed by atoms with Crippen molar-refractivity contribution >= 4 is 29.5 Å². The summed E-state index contributed by atoms with van der Waals surface area (Å²) in [4.78, 5) is 42.6. The van der Waals surface area contributed by atoms with Crippen molar-refractivity contribution in [2.45, 2.75) is 95.7 Å². The predicted octanol–water partition coefficient (Wildman–Crippen LogP) is 5.32. The number of hydrogen-bond acceptors (Lipinski definition) is 7. The molecule has 1 saturated carbocycles. The van der Waals surface area contributed by atoms with Crippen LogP contribution in [-0.2, 0) is 19.1 Å². The number of nitrogens with zero attached hydrogens (tertiary/aromatic N) is 2. The number of piperidine rings is 2. The zero-order chi connectivity index (χ0) is 33.4. The van der Waals surface area contributed by atoms with E-state index in [2.05, 4.69) is 20.3 Å². The van der Waals surface area contributed by atoms with Gasteiger partial charge in [0.15, 0.2) is 0 Å². The maximum Gasteiger partial charge on any atom is 0.406 e. The second kappa shape index (κ2) is 20.2. The van der Waals surface area contributed by atoms with Gasteiger partial charge < -0.3 is 35.0 Å². The van der Waals surface area contributed by atoms with E-state index >= 15 is 0 Å². The van der Waals surface area contributed by atoms with Crippen LogP contribution >= 0.6 is 11.6 Å². The number of hydrogen-bond donors (Lipinski definition) is 3. The summed E-state index contributed by atoms with van der Waals surface area (Å²) < 4.78 is 11.0. The summed E-state index contributed by atoms with van der Waals surface area (Å²) in [6, 6.07) is 7.60. The van der Waals surface area contributed by atoms with Crippen molar-refractivity contribution in [3.63, 3.8) is 0 Å². The number of benzene rings is 1. The zero-order valence-corrected chi connectivity index (χ0v) is 29.1. The van der Waals surface area contributed by atoms with Gasteiger partial charge in [0.2, 0.25) is 11.8 Å². The standard InChI is InChI=1S/C36H57ClN4O6/c1-46-36(45)39-16-21-47-35(28-12-8-14-31(37)23-28)29-13-9-19-41(26-29)34(44)24-30(22-27-10-4-2-5-11-27)32(42)25-33(43)38-15-20-40-17-6-3-7-18-40/h8,12,14,23,27,29-30,32,35,42H,2-7,9-11,13,15-22,24-26H2,1H3,(H,38,43)(H,39,45). The molecule has 3 fully saturated rings. The molecule has 10 nitrogen and oxygen atoms in total. The summed E-state index contributed by atoms with van der Waals surface area (Å²) in [5, 5.41) is 17.7. The van der Waals surface area contributed by atoms with Gasteiger partial charge in [0.25, 0.3) is 0 Å². The van der Waals surface area contributed by atoms with Gasteiger partial charge in [-0.15, -0.1) is 0 Å². The molecule has 2 saturated heterocycles. The van der Waals surface area contributed by atoms with E-state index in [9.17, 15) is 19.5 Å². The molecule has 47 heavy (non-hydrogen) atoms. The van der Waals surface area contributed by atoms with E-state index in [1.807, 2.05) is 29.2 Å². The molecule has 264 valence electrons. The minimum atomic E-state index is -0.860. The Morgan fingerprint density at radius 2 is 1.72 bits per heavy atom. The number of carbonyl (C=O) groups is 3. The van der Waals surface area contributed by atoms with Gasteiger partial charge in [0.1, 0.15) is 0 Å². The number of aliphatic hydroxyl groups is 1. The third-order valence-electron chi connectivity index (χ3n) is 10.2. The molecule has 1 aliphatic carbocycles. The van der Waals surface area contributed by atoms with E-state index in [0.29, 0.717) is 37.1 Å². The Morgan fingerprint density at radius 1 is 0.957 bits per heavy atom. The van der Waals surface area contributed by atoms with Crippen LogP contribution in [-0.4, -0.2) is 98.4 Å². The summed E-state index contributed by atoms with van der Waals surface area (Å²) in [5.41, 5.74) is 0.937. The molecule has 4 atom stereocenters. The average molecular weight is 677 g/mol. The molecule has 2 heterocycles. The van der Waals surface area contributed by atoms with E-state index < -0.39 is 12.2 Å². The van der Waals surface area contributed by atoms with Crippen molar-refractivity contribution < 1.29 is 29.0 Å². The maximum atomic E-state index is 13.9. The fourth-order valence-corrected chi connectivity index (χ4v) is 7.83. The SMILES string of the molecule is COC(=O)NCCOC(c1cccc(Cl)c1)C1CCCN(C(=O)CC(CC2CCCCC2)C(O)CC(=O)NCCN2CCCCC2)C1. The van der Waals surface area contributed by atoms with Gasteiger partial charge in [-0.1, -0.05) is 62.3 Å². The Balaban J connectivity index is 1.36. The van der Waals surface area contributed by atoms with Crippen molar-refractivity contribution in [3.8, 4) is 0 Å². The van der Waals surface area contributed by atoms with Gasteiger partial charge in [-0.25, -0.2) is 4.79 Å². The first-order valence-electron chi connectivity index (χ1n) is 18.0. The number of likely N-dealkylation sites (tertiary alicyclic amines) is 2. The highest BCUT2D eigenvalue weighted by Gasteiger charge is 2.34. The molecule has 1 aromatic rings. The quantitative estimate of drug-likeness (QED) is 0.203. The lowest BCUT2D eigenvalue weighted by Crippen LogP contribution is -2.44. The van der Waals surface area contributed by atoms with Crippen LogP contribution in [0.5, 0.6) is 0 Å². The van der Waals surface area contributed by atoms with Crippen LogP contribution in [0.15, 0.2) is 24.3 Å². The Morgan fingerprint density at radius 3 is 2.47 bits per heavy atom. The molecule has 11 heteroatoms. The largest absolute Gasteiger partial charge is 0.453 e. The van der Waals surface area contributed by atoms with Gasteiger partial charge in [-0.05, 0) is 74.7 Å². The third-order valence-corrected chi connectivity index (χ3v) is 10.4. The van der Waals surface area contributed by atoms with Crippen molar-refractivity contribution in [3.05, 3.63) is 34.9 Å². The molecule has 1 aromatic carbocycles. The second-order valence-electron chi connectivity index (χ2n) is 13.7. The molecular weight excluding hydrogens is 620 g/mol. The monoisotopic (exact) mass is 676 g/mol. The van der Waals surface area contributed by atoms with E-state index in [-0.39, 0.29) is 49.2 Å². The minimum absolute atomic E-state index is 0.0252. The lowest BCUT2D eigenvalue weighted by molar-refractivity contribution is -0.137. The highest BCUT2D eigenvalue weighted by Crippen LogP contribution is 2.36. The van der Waals surface area contributed by atoms with Crippen LogP contribution in [0.1, 0.15) is 95.1 Å². The Hall–Kier alpha value is -2.40. The number of rotatable bonds is 16. The first-order chi connectivity index (χ1) is 22.8. The van der Waals surface area contributed by atoms with Crippen molar-refractivity contribution in [2.75, 3.05) is 59.5 Å². The van der Waals surface area contributed by atoms with Crippen LogP contribution in [0, 0.1) is 17.8 Å². The molecule has 0 radical (unpaired) electrons. The summed E-state index contributed by atoms with van der Waals surface area (Å²) in [6.45, 7) is 5.36. The van der Waals surface area contributed by atoms with Crippen LogP contribution in [0.4, 0.5) is 4.79 Å². The van der Waals surface area contributed by atoms with E-state index in [1.54, 1.807) is 0 Å². The predicted molar refractivity (Wildman–Crippen MR) is 183 cm³/mol. The Kier molecular flexibility index (Phi) is 16.1. The lowest BCUT2D eigenvalue weighted by atomic mass is 9.79. The molecule has 4 rings (SSSR count). The molecule has 3 N–H and O–H groups in total. The molecule has 0 spiro atoms. The summed E-state index contributed by atoms with van der Waals surface area (Å²) in [7, 11) is 1.32. The van der Waals surface area contributed by atoms with Gasteiger partial charge in [0.05, 0.1) is 32.3 Å². The topological polar surface area (TPSA) is 120 Å². The maximum absolute atomic E-state index is 13.9. The lowest BCUT2D eigenvalue weighted by Gasteiger charge is -2.38. The molecular formula is C36H57ClN4O6. The number of carbonyl (C=O) groups excluding carboxylic acids is 3. The smallest absolute Gasteiger partial charge is 0.406 e. The number of halogens is 1. The average Bonchev–Trinajstić information content (AvgIpc) is 3.08. The third kappa shape index (κ3) is 12.9. The highest BCUT2D eigenvalue weighted by molar-refractivity contribution is 6.30. The molecule has 2 aliphatic heterocycles. The summed E-state index contributed by atoms with van der Waals surface area (Å²) in [6.07, 6.45) is 10.6. The van der Waals surface area contributed by atoms with Gasteiger partial charge >= 0.3 is 6.09 Å². The van der Waals surface area contributed by atoms with Crippen LogP contribution in [0.3, 0.4) is 0 Å². The molecule has 0 aromatic heterocycles. The number of amides is 3. The van der Waals surface area contributed by atoms with Crippen molar-refractivity contribution in [2.24, 2.45) is 17.8 Å². The Labute approximate surface area is 286 Å². The Bertz CT molecular complexity index is 1110. The van der Waals surface area contributed by atoms with Gasteiger partial charge in [-0.2, -0.15) is 0 Å². The van der Waals surface area contributed by atoms with E-state index in [0.717, 1.165) is 57.3 Å². The zero-order valence-electron chi connectivity index (χ0n) is 28.3. The fraction of sp³-hybridized carbons (Fsp3) is 0.750. The number of nitrogens with one attached hydrogen (secondary N) is 2. The summed E-state index contributed by atoms with van der Waals surface area (Å²) in [5.74, 6) is 0.140. The number of alkyl carbamates (subject to hydrolysis) is 1.